The maximum Gasteiger partial charge on any atom is 0.153 e. The predicted molar refractivity (Wildman–Crippen MR) is 91.9 cm³/mol. The van der Waals surface area contributed by atoms with E-state index >= 15 is 0 Å². The van der Waals surface area contributed by atoms with E-state index in [2.05, 4.69) is 52.8 Å². The number of benzene rings is 1. The van der Waals surface area contributed by atoms with Gasteiger partial charge in [-0.15, -0.1) is 22.7 Å². The lowest BCUT2D eigenvalue weighted by atomic mass is 10.0. The Bertz CT molecular complexity index is 901. The molecule has 0 bridgehead atoms. The number of fused-ring (bicyclic) bond motifs is 1. The molecule has 3 heterocycles. The van der Waals surface area contributed by atoms with Gasteiger partial charge in [-0.1, -0.05) is 29.8 Å². The number of hydrogen-bond donors (Lipinski definition) is 2. The van der Waals surface area contributed by atoms with Gasteiger partial charge in [-0.05, 0) is 30.0 Å². The van der Waals surface area contributed by atoms with Gasteiger partial charge in [0.15, 0.2) is 5.82 Å². The number of nitrogens with zero attached hydrogens (tertiary/aromatic N) is 1. The van der Waals surface area contributed by atoms with Crippen molar-refractivity contribution in [2.24, 2.45) is 0 Å². The van der Waals surface area contributed by atoms with Crippen molar-refractivity contribution in [2.75, 3.05) is 5.73 Å². The Morgan fingerprint density at radius 2 is 2.05 bits per heavy atom. The van der Waals surface area contributed by atoms with Gasteiger partial charge in [0.05, 0.1) is 16.1 Å². The van der Waals surface area contributed by atoms with E-state index in [1.54, 1.807) is 22.7 Å². The van der Waals surface area contributed by atoms with Crippen molar-refractivity contribution in [2.45, 2.75) is 6.92 Å². The van der Waals surface area contributed by atoms with E-state index < -0.39 is 0 Å². The molecule has 0 aliphatic rings. The molecule has 0 saturated carbocycles. The zero-order valence-electron chi connectivity index (χ0n) is 11.4. The van der Waals surface area contributed by atoms with Crippen LogP contribution in [0.5, 0.6) is 0 Å². The first-order valence-electron chi connectivity index (χ1n) is 6.60. The van der Waals surface area contributed by atoms with Crippen molar-refractivity contribution in [1.82, 2.24) is 10.2 Å². The van der Waals surface area contributed by atoms with Gasteiger partial charge in [-0.3, -0.25) is 5.10 Å². The fourth-order valence-electron chi connectivity index (χ4n) is 2.52. The van der Waals surface area contributed by atoms with Crippen molar-refractivity contribution >= 4 is 37.9 Å². The van der Waals surface area contributed by atoms with Gasteiger partial charge >= 0.3 is 0 Å². The normalized spacial score (nSPS) is 11.3. The minimum Gasteiger partial charge on any atom is -0.382 e. The average Bonchev–Trinajstić information content (AvgIpc) is 3.11. The van der Waals surface area contributed by atoms with Gasteiger partial charge in [-0.25, -0.2) is 0 Å². The summed E-state index contributed by atoms with van der Waals surface area (Å²) in [4.78, 5) is 1.18. The lowest BCUT2D eigenvalue weighted by Gasteiger charge is -2.04. The molecule has 21 heavy (non-hydrogen) atoms. The molecule has 3 aromatic heterocycles. The molecule has 0 atom stereocenters. The molecular weight excluding hydrogens is 298 g/mol. The number of nitrogens with one attached hydrogen (secondary N) is 1. The topological polar surface area (TPSA) is 54.7 Å². The van der Waals surface area contributed by atoms with E-state index in [1.165, 1.54) is 19.8 Å². The van der Waals surface area contributed by atoms with Crippen LogP contribution >= 0.6 is 22.7 Å². The van der Waals surface area contributed by atoms with Crippen LogP contribution in [0.1, 0.15) is 5.56 Å². The molecule has 0 aliphatic heterocycles. The van der Waals surface area contributed by atoms with Crippen LogP contribution in [-0.2, 0) is 0 Å². The molecule has 0 aliphatic carbocycles. The largest absolute Gasteiger partial charge is 0.382 e. The number of nitrogen functional groups attached to an aromatic ring is 1. The number of H-pyrrole nitrogens is 1. The third-order valence-electron chi connectivity index (χ3n) is 3.49. The van der Waals surface area contributed by atoms with Crippen LogP contribution in [0.15, 0.2) is 41.8 Å². The van der Waals surface area contributed by atoms with E-state index in [1.807, 2.05) is 6.07 Å². The summed E-state index contributed by atoms with van der Waals surface area (Å²) in [6, 6.07) is 12.7. The Morgan fingerprint density at radius 1 is 1.14 bits per heavy atom. The highest BCUT2D eigenvalue weighted by atomic mass is 32.1. The summed E-state index contributed by atoms with van der Waals surface area (Å²) in [7, 11) is 0. The van der Waals surface area contributed by atoms with Gasteiger partial charge in [0.1, 0.15) is 0 Å². The molecular formula is C16H13N3S2. The van der Waals surface area contributed by atoms with Gasteiger partial charge in [0.2, 0.25) is 0 Å². The number of thiophene rings is 2. The summed E-state index contributed by atoms with van der Waals surface area (Å²) in [5.74, 6) is 0.548. The van der Waals surface area contributed by atoms with Gasteiger partial charge in [0, 0.05) is 9.40 Å². The van der Waals surface area contributed by atoms with E-state index in [4.69, 9.17) is 5.73 Å². The third-order valence-corrected chi connectivity index (χ3v) is 5.60. The first kappa shape index (κ1) is 12.6. The number of rotatable bonds is 2. The third kappa shape index (κ3) is 2.05. The number of anilines is 1. The monoisotopic (exact) mass is 311 g/mol. The highest BCUT2D eigenvalue weighted by molar-refractivity contribution is 7.28. The zero-order valence-corrected chi connectivity index (χ0v) is 13.0. The van der Waals surface area contributed by atoms with Gasteiger partial charge < -0.3 is 5.73 Å². The van der Waals surface area contributed by atoms with Crippen LogP contribution in [-0.4, -0.2) is 10.2 Å². The van der Waals surface area contributed by atoms with Crippen molar-refractivity contribution in [1.29, 1.82) is 0 Å². The summed E-state index contributed by atoms with van der Waals surface area (Å²) in [5.41, 5.74) is 10.4. The number of aromatic nitrogens is 2. The Labute approximate surface area is 130 Å². The first-order chi connectivity index (χ1) is 10.2. The predicted octanol–water partition coefficient (Wildman–Crippen LogP) is 4.91. The summed E-state index contributed by atoms with van der Waals surface area (Å²) >= 11 is 3.53. The molecule has 0 amide bonds. The maximum atomic E-state index is 6.10. The van der Waals surface area contributed by atoms with Crippen LogP contribution in [0.3, 0.4) is 0 Å². The zero-order chi connectivity index (χ0) is 14.4. The Kier molecular flexibility index (Phi) is 2.83. The van der Waals surface area contributed by atoms with E-state index in [0.717, 1.165) is 16.8 Å². The second-order valence-corrected chi connectivity index (χ2v) is 7.02. The van der Waals surface area contributed by atoms with Crippen LogP contribution in [0, 0.1) is 6.92 Å². The molecule has 0 unspecified atom stereocenters. The van der Waals surface area contributed by atoms with Crippen molar-refractivity contribution < 1.29 is 0 Å². The molecule has 4 rings (SSSR count). The fraction of sp³-hybridized carbons (Fsp3) is 0.0625. The molecule has 3 nitrogen and oxygen atoms in total. The number of aryl methyl sites for hydroxylation is 1. The van der Waals surface area contributed by atoms with Crippen molar-refractivity contribution in [3.63, 3.8) is 0 Å². The Morgan fingerprint density at radius 3 is 2.86 bits per heavy atom. The first-order valence-corrected chi connectivity index (χ1v) is 8.30. The lowest BCUT2D eigenvalue weighted by molar-refractivity contribution is 1.11. The van der Waals surface area contributed by atoms with Crippen molar-refractivity contribution in [3.8, 4) is 21.7 Å². The number of nitrogens with two attached hydrogens (primary N) is 1. The average molecular weight is 311 g/mol. The minimum atomic E-state index is 0.548. The molecule has 1 aromatic carbocycles. The lowest BCUT2D eigenvalue weighted by Crippen LogP contribution is -1.88. The van der Waals surface area contributed by atoms with E-state index in [0.29, 0.717) is 5.82 Å². The molecule has 0 fully saturated rings. The quantitative estimate of drug-likeness (QED) is 0.552. The fourth-order valence-corrected chi connectivity index (χ4v) is 4.63. The summed E-state index contributed by atoms with van der Waals surface area (Å²) in [6.45, 7) is 2.08. The van der Waals surface area contributed by atoms with Crippen molar-refractivity contribution in [3.05, 3.63) is 47.3 Å². The maximum absolute atomic E-state index is 6.10. The molecule has 0 radical (unpaired) electrons. The molecule has 5 heteroatoms. The molecule has 0 saturated heterocycles. The molecule has 104 valence electrons. The summed E-state index contributed by atoms with van der Waals surface area (Å²) in [6.07, 6.45) is 0. The standard InChI is InChI=1S/C16H13N3S2/c1-9-3-2-4-10(7-9)14-15(18-19-16(14)17)13-8-12-11(21-13)5-6-20-12/h2-8H,1H3,(H3,17,18,19). The second kappa shape index (κ2) is 4.72. The van der Waals surface area contributed by atoms with E-state index in [9.17, 15) is 0 Å². The summed E-state index contributed by atoms with van der Waals surface area (Å²) < 4.78 is 2.61. The number of hydrogen-bond acceptors (Lipinski definition) is 4. The highest BCUT2D eigenvalue weighted by Crippen LogP contribution is 2.41. The number of aromatic amines is 1. The molecule has 3 N–H and O–H groups in total. The molecule has 4 aromatic rings. The second-order valence-electron chi connectivity index (χ2n) is 4.99. The minimum absolute atomic E-state index is 0.548. The van der Waals surface area contributed by atoms with Crippen LogP contribution < -0.4 is 5.73 Å². The molecule has 0 spiro atoms. The van der Waals surface area contributed by atoms with Crippen LogP contribution in [0.25, 0.3) is 31.1 Å². The summed E-state index contributed by atoms with van der Waals surface area (Å²) in [5, 5.41) is 9.43. The Balaban J connectivity index is 1.92. The Hall–Kier alpha value is -2.11. The van der Waals surface area contributed by atoms with Gasteiger partial charge in [-0.2, -0.15) is 5.10 Å². The van der Waals surface area contributed by atoms with Crippen LogP contribution in [0.4, 0.5) is 5.82 Å². The SMILES string of the molecule is Cc1cccc(-c2c(N)n[nH]c2-c2cc3sccc3s2)c1. The van der Waals surface area contributed by atoms with Gasteiger partial charge in [0.25, 0.3) is 0 Å². The smallest absolute Gasteiger partial charge is 0.153 e. The highest BCUT2D eigenvalue weighted by Gasteiger charge is 2.17. The van der Waals surface area contributed by atoms with E-state index in [-0.39, 0.29) is 0 Å². The van der Waals surface area contributed by atoms with Crippen LogP contribution in [0.2, 0.25) is 0 Å².